The molecule has 0 aromatic heterocycles. The number of anilines is 1. The van der Waals surface area contributed by atoms with E-state index in [0.29, 0.717) is 11.3 Å². The molecule has 0 spiro atoms. The van der Waals surface area contributed by atoms with Crippen molar-refractivity contribution in [3.8, 4) is 0 Å². The van der Waals surface area contributed by atoms with E-state index in [1.807, 2.05) is 0 Å². The summed E-state index contributed by atoms with van der Waals surface area (Å²) in [5.74, 6) is -1.90. The fourth-order valence-corrected chi connectivity index (χ4v) is 1.46. The summed E-state index contributed by atoms with van der Waals surface area (Å²) < 4.78 is 25.6. The van der Waals surface area contributed by atoms with Gasteiger partial charge in [0.05, 0.1) is 16.8 Å². The summed E-state index contributed by atoms with van der Waals surface area (Å²) in [5.41, 5.74) is 3.28. The van der Waals surface area contributed by atoms with Crippen LogP contribution in [0, 0.1) is 21.7 Å². The maximum Gasteiger partial charge on any atom is 0.271 e. The zero-order chi connectivity index (χ0) is 14.5. The Morgan fingerprint density at radius 2 is 1.95 bits per heavy atom. The largest absolute Gasteiger partial charge is 0.278 e. The maximum absolute atomic E-state index is 12.9. The first-order chi connectivity index (χ1) is 9.56. The molecule has 20 heavy (non-hydrogen) atoms. The highest BCUT2D eigenvalue weighted by atomic mass is 19.2. The third-order valence-electron chi connectivity index (χ3n) is 2.41. The first-order valence-electron chi connectivity index (χ1n) is 5.55. The number of nitrogens with zero attached hydrogens (tertiary/aromatic N) is 2. The van der Waals surface area contributed by atoms with Crippen LogP contribution in [0.1, 0.15) is 5.56 Å². The molecule has 0 fully saturated rings. The minimum absolute atomic E-state index is 0.0713. The van der Waals surface area contributed by atoms with Gasteiger partial charge in [0.25, 0.3) is 5.69 Å². The molecule has 0 unspecified atom stereocenters. The molecule has 0 aliphatic carbocycles. The van der Waals surface area contributed by atoms with Gasteiger partial charge in [0.1, 0.15) is 0 Å². The van der Waals surface area contributed by atoms with Crippen molar-refractivity contribution in [2.24, 2.45) is 5.10 Å². The number of halogens is 2. The monoisotopic (exact) mass is 277 g/mol. The zero-order valence-electron chi connectivity index (χ0n) is 10.1. The lowest BCUT2D eigenvalue weighted by molar-refractivity contribution is -0.384. The first kappa shape index (κ1) is 13.6. The van der Waals surface area contributed by atoms with Crippen molar-refractivity contribution >= 4 is 17.6 Å². The number of nitrogens with one attached hydrogen (secondary N) is 1. The molecule has 2 rings (SSSR count). The standard InChI is InChI=1S/C13H9F2N3O2/c14-12-5-4-9(6-13(12)15)8-16-17-10-2-1-3-11(7-10)18(19)20/h1-8,17H/b16-8-. The minimum Gasteiger partial charge on any atom is -0.278 e. The van der Waals surface area contributed by atoms with Crippen molar-refractivity contribution in [1.29, 1.82) is 0 Å². The second-order valence-corrected chi connectivity index (χ2v) is 3.85. The lowest BCUT2D eigenvalue weighted by Crippen LogP contribution is -1.94. The number of non-ortho nitro benzene ring substituents is 1. The lowest BCUT2D eigenvalue weighted by atomic mass is 10.2. The van der Waals surface area contributed by atoms with Crippen molar-refractivity contribution in [3.05, 3.63) is 69.8 Å². The molecule has 0 aliphatic rings. The Bertz CT molecular complexity index is 674. The fourth-order valence-electron chi connectivity index (χ4n) is 1.46. The van der Waals surface area contributed by atoms with Gasteiger partial charge in [0.2, 0.25) is 0 Å². The van der Waals surface area contributed by atoms with Crippen LogP contribution in [-0.2, 0) is 0 Å². The SMILES string of the molecule is O=[N+]([O-])c1cccc(N/N=C\c2ccc(F)c(F)c2)c1. The Labute approximate surface area is 112 Å². The van der Waals surface area contributed by atoms with E-state index in [1.54, 1.807) is 6.07 Å². The summed E-state index contributed by atoms with van der Waals surface area (Å²) in [4.78, 5) is 10.1. The number of nitro benzene ring substituents is 1. The van der Waals surface area contributed by atoms with Gasteiger partial charge >= 0.3 is 0 Å². The third kappa shape index (κ3) is 3.35. The third-order valence-corrected chi connectivity index (χ3v) is 2.41. The van der Waals surface area contributed by atoms with E-state index in [1.165, 1.54) is 30.5 Å². The summed E-state index contributed by atoms with van der Waals surface area (Å²) in [6, 6.07) is 9.10. The van der Waals surface area contributed by atoms with E-state index in [-0.39, 0.29) is 5.69 Å². The van der Waals surface area contributed by atoms with Crippen LogP contribution in [0.4, 0.5) is 20.2 Å². The van der Waals surface area contributed by atoms with Gasteiger partial charge in [-0.05, 0) is 23.8 Å². The molecule has 0 saturated heterocycles. The van der Waals surface area contributed by atoms with Gasteiger partial charge in [-0.3, -0.25) is 15.5 Å². The molecular formula is C13H9F2N3O2. The van der Waals surface area contributed by atoms with Crippen molar-refractivity contribution < 1.29 is 13.7 Å². The zero-order valence-corrected chi connectivity index (χ0v) is 10.1. The molecule has 1 N–H and O–H groups in total. The second kappa shape index (κ2) is 5.87. The summed E-state index contributed by atoms with van der Waals surface area (Å²) in [5, 5.41) is 14.4. The number of hydrazone groups is 1. The van der Waals surface area contributed by atoms with Crippen LogP contribution >= 0.6 is 0 Å². The molecule has 5 nitrogen and oxygen atoms in total. The molecule has 0 bridgehead atoms. The van der Waals surface area contributed by atoms with Gasteiger partial charge in [-0.15, -0.1) is 0 Å². The Kier molecular flexibility index (Phi) is 3.99. The number of rotatable bonds is 4. The van der Waals surface area contributed by atoms with E-state index in [2.05, 4.69) is 10.5 Å². The highest BCUT2D eigenvalue weighted by molar-refractivity contribution is 5.80. The Balaban J connectivity index is 2.07. The Hall–Kier alpha value is -2.83. The predicted octanol–water partition coefficient (Wildman–Crippen LogP) is 3.32. The number of hydrogen-bond acceptors (Lipinski definition) is 4. The molecule has 0 saturated carbocycles. The van der Waals surface area contributed by atoms with Crippen LogP contribution in [-0.4, -0.2) is 11.1 Å². The van der Waals surface area contributed by atoms with Crippen molar-refractivity contribution in [3.63, 3.8) is 0 Å². The van der Waals surface area contributed by atoms with Gasteiger partial charge in [-0.1, -0.05) is 12.1 Å². The van der Waals surface area contributed by atoms with E-state index in [4.69, 9.17) is 0 Å². The van der Waals surface area contributed by atoms with Crippen LogP contribution in [0.15, 0.2) is 47.6 Å². The lowest BCUT2D eigenvalue weighted by Gasteiger charge is -2.00. The highest BCUT2D eigenvalue weighted by Gasteiger charge is 2.04. The van der Waals surface area contributed by atoms with Crippen LogP contribution < -0.4 is 5.43 Å². The normalized spacial score (nSPS) is 10.7. The average molecular weight is 277 g/mol. The predicted molar refractivity (Wildman–Crippen MR) is 70.7 cm³/mol. The molecule has 102 valence electrons. The highest BCUT2D eigenvalue weighted by Crippen LogP contribution is 2.16. The van der Waals surface area contributed by atoms with Crippen molar-refractivity contribution in [1.82, 2.24) is 0 Å². The maximum atomic E-state index is 12.9. The van der Waals surface area contributed by atoms with Crippen molar-refractivity contribution in [2.75, 3.05) is 5.43 Å². The summed E-state index contributed by atoms with van der Waals surface area (Å²) in [7, 11) is 0. The van der Waals surface area contributed by atoms with E-state index < -0.39 is 16.6 Å². The summed E-state index contributed by atoms with van der Waals surface area (Å²) in [6.45, 7) is 0. The summed E-state index contributed by atoms with van der Waals surface area (Å²) >= 11 is 0. The molecular weight excluding hydrogens is 268 g/mol. The molecule has 7 heteroatoms. The molecule has 2 aromatic rings. The van der Waals surface area contributed by atoms with Gasteiger partial charge in [0.15, 0.2) is 11.6 Å². The molecule has 0 aliphatic heterocycles. The smallest absolute Gasteiger partial charge is 0.271 e. The van der Waals surface area contributed by atoms with Gasteiger partial charge in [-0.2, -0.15) is 5.10 Å². The number of hydrogen-bond donors (Lipinski definition) is 1. The Morgan fingerprint density at radius 1 is 1.15 bits per heavy atom. The average Bonchev–Trinajstić information content (AvgIpc) is 2.43. The van der Waals surface area contributed by atoms with Crippen LogP contribution in [0.5, 0.6) is 0 Å². The van der Waals surface area contributed by atoms with Crippen LogP contribution in [0.2, 0.25) is 0 Å². The minimum atomic E-state index is -0.968. The summed E-state index contributed by atoms with van der Waals surface area (Å²) in [6.07, 6.45) is 1.28. The molecule has 2 aromatic carbocycles. The topological polar surface area (TPSA) is 67.5 Å². The Morgan fingerprint density at radius 3 is 2.65 bits per heavy atom. The second-order valence-electron chi connectivity index (χ2n) is 3.85. The van der Waals surface area contributed by atoms with E-state index in [0.717, 1.165) is 12.1 Å². The molecule has 0 radical (unpaired) electrons. The number of benzene rings is 2. The molecule has 0 amide bonds. The van der Waals surface area contributed by atoms with Gasteiger partial charge in [-0.25, -0.2) is 8.78 Å². The molecule has 0 heterocycles. The van der Waals surface area contributed by atoms with E-state index in [9.17, 15) is 18.9 Å². The quantitative estimate of drug-likeness (QED) is 0.529. The van der Waals surface area contributed by atoms with Gasteiger partial charge in [0, 0.05) is 12.1 Å². The van der Waals surface area contributed by atoms with Crippen LogP contribution in [0.3, 0.4) is 0 Å². The first-order valence-corrected chi connectivity index (χ1v) is 5.55. The fraction of sp³-hybridized carbons (Fsp3) is 0. The van der Waals surface area contributed by atoms with E-state index >= 15 is 0 Å². The molecule has 0 atom stereocenters. The van der Waals surface area contributed by atoms with Crippen molar-refractivity contribution in [2.45, 2.75) is 0 Å². The van der Waals surface area contributed by atoms with Crippen LogP contribution in [0.25, 0.3) is 0 Å². The van der Waals surface area contributed by atoms with Gasteiger partial charge < -0.3 is 0 Å². The number of nitro groups is 1.